The molecule has 0 aliphatic carbocycles. The van der Waals surface area contributed by atoms with Gasteiger partial charge in [0, 0.05) is 10.8 Å². The van der Waals surface area contributed by atoms with Crippen molar-refractivity contribution in [2.75, 3.05) is 4.43 Å². The molecule has 1 heterocycles. The van der Waals surface area contributed by atoms with Gasteiger partial charge in [0.05, 0.1) is 12.2 Å². The number of aryl methyl sites for hydroxylation is 1. The Morgan fingerprint density at radius 3 is 2.50 bits per heavy atom. The van der Waals surface area contributed by atoms with Gasteiger partial charge in [-0.15, -0.1) is 0 Å². The number of hydrogen-bond donors (Lipinski definition) is 0. The van der Waals surface area contributed by atoms with Gasteiger partial charge in [-0.2, -0.15) is 8.42 Å². The highest BCUT2D eigenvalue weighted by atomic mass is 127. The van der Waals surface area contributed by atoms with Gasteiger partial charge in [-0.05, 0) is 18.4 Å². The minimum absolute atomic E-state index is 0.259. The van der Waals surface area contributed by atoms with Crippen LogP contribution in [0.3, 0.4) is 0 Å². The normalized spacial score (nSPS) is 26.9. The summed E-state index contributed by atoms with van der Waals surface area (Å²) in [6, 6.07) is 9.98. The molecule has 1 aromatic carbocycles. The fourth-order valence-electron chi connectivity index (χ4n) is 1.95. The molecule has 0 unspecified atom stereocenters. The van der Waals surface area contributed by atoms with E-state index in [-0.39, 0.29) is 12.2 Å². The molecule has 100 valence electrons. The molecule has 4 nitrogen and oxygen atoms in total. The summed E-state index contributed by atoms with van der Waals surface area (Å²) >= 11 is 2.13. The Labute approximate surface area is 121 Å². The van der Waals surface area contributed by atoms with Gasteiger partial charge < -0.3 is 0 Å². The number of alkyl halides is 1. The van der Waals surface area contributed by atoms with Crippen LogP contribution in [-0.4, -0.2) is 25.1 Å². The van der Waals surface area contributed by atoms with Crippen molar-refractivity contribution < 1.29 is 16.8 Å². The number of rotatable bonds is 4. The van der Waals surface area contributed by atoms with Crippen LogP contribution in [0, 0.1) is 0 Å². The molecular weight excluding hydrogens is 367 g/mol. The Hall–Kier alpha value is -0.180. The first kappa shape index (κ1) is 14.2. The summed E-state index contributed by atoms with van der Waals surface area (Å²) in [6.45, 7) is 0. The van der Waals surface area contributed by atoms with E-state index in [9.17, 15) is 8.42 Å². The lowest BCUT2D eigenvalue weighted by Gasteiger charge is -2.27. The van der Waals surface area contributed by atoms with E-state index in [1.807, 2.05) is 30.3 Å². The number of halogens is 1. The highest BCUT2D eigenvalue weighted by Gasteiger charge is 2.32. The van der Waals surface area contributed by atoms with Crippen LogP contribution in [0.15, 0.2) is 30.3 Å². The van der Waals surface area contributed by atoms with E-state index in [0.717, 1.165) is 6.42 Å². The SMILES string of the molecule is O=S1(=O)O[C@H](CI)C[C@H](CCc2ccccc2)O1. The predicted octanol–water partition coefficient (Wildman–Crippen LogP) is 2.47. The molecule has 0 radical (unpaired) electrons. The van der Waals surface area contributed by atoms with Crippen molar-refractivity contribution in [3.05, 3.63) is 35.9 Å². The lowest BCUT2D eigenvalue weighted by atomic mass is 10.0. The Kier molecular flexibility index (Phi) is 4.99. The van der Waals surface area contributed by atoms with Crippen molar-refractivity contribution in [2.45, 2.75) is 31.5 Å². The Morgan fingerprint density at radius 2 is 1.83 bits per heavy atom. The van der Waals surface area contributed by atoms with E-state index < -0.39 is 10.4 Å². The van der Waals surface area contributed by atoms with Crippen molar-refractivity contribution in [1.29, 1.82) is 0 Å². The molecule has 1 aliphatic rings. The molecule has 1 saturated heterocycles. The van der Waals surface area contributed by atoms with Crippen LogP contribution in [0.2, 0.25) is 0 Å². The van der Waals surface area contributed by atoms with Gasteiger partial charge in [-0.1, -0.05) is 52.9 Å². The second-order valence-corrected chi connectivity index (χ2v) is 6.34. The smallest absolute Gasteiger partial charge is 0.245 e. The van der Waals surface area contributed by atoms with Crippen molar-refractivity contribution in [1.82, 2.24) is 0 Å². The molecule has 0 saturated carbocycles. The quantitative estimate of drug-likeness (QED) is 0.593. The third-order valence-corrected chi connectivity index (χ3v) is 4.80. The molecule has 0 N–H and O–H groups in total. The molecular formula is C12H15IO4S. The molecule has 0 aromatic heterocycles. The lowest BCUT2D eigenvalue weighted by Crippen LogP contribution is -2.36. The van der Waals surface area contributed by atoms with E-state index >= 15 is 0 Å². The van der Waals surface area contributed by atoms with Crippen molar-refractivity contribution in [3.63, 3.8) is 0 Å². The molecule has 2 atom stereocenters. The van der Waals surface area contributed by atoms with Gasteiger partial charge in [-0.3, -0.25) is 0 Å². The maximum atomic E-state index is 11.4. The van der Waals surface area contributed by atoms with Gasteiger partial charge in [0.15, 0.2) is 0 Å². The first-order valence-electron chi connectivity index (χ1n) is 5.80. The predicted molar refractivity (Wildman–Crippen MR) is 76.9 cm³/mol. The Morgan fingerprint density at radius 1 is 1.17 bits per heavy atom. The molecule has 0 amide bonds. The first-order chi connectivity index (χ1) is 8.59. The summed E-state index contributed by atoms with van der Waals surface area (Å²) in [4.78, 5) is 0. The summed E-state index contributed by atoms with van der Waals surface area (Å²) in [5.74, 6) is 0. The topological polar surface area (TPSA) is 52.6 Å². The molecule has 0 spiro atoms. The molecule has 2 rings (SSSR count). The second kappa shape index (κ2) is 6.31. The molecule has 6 heteroatoms. The van der Waals surface area contributed by atoms with Gasteiger partial charge >= 0.3 is 10.4 Å². The molecule has 0 bridgehead atoms. The van der Waals surface area contributed by atoms with Crippen LogP contribution in [0.5, 0.6) is 0 Å². The maximum absolute atomic E-state index is 11.4. The molecule has 1 aliphatic heterocycles. The first-order valence-corrected chi connectivity index (χ1v) is 8.66. The van der Waals surface area contributed by atoms with Crippen LogP contribution < -0.4 is 0 Å². The minimum atomic E-state index is -3.80. The summed E-state index contributed by atoms with van der Waals surface area (Å²) in [6.07, 6.45) is 1.61. The van der Waals surface area contributed by atoms with E-state index in [4.69, 9.17) is 8.37 Å². The van der Waals surface area contributed by atoms with E-state index in [1.165, 1.54) is 5.56 Å². The fraction of sp³-hybridized carbons (Fsp3) is 0.500. The van der Waals surface area contributed by atoms with E-state index in [2.05, 4.69) is 22.6 Å². The summed E-state index contributed by atoms with van der Waals surface area (Å²) in [7, 11) is -3.80. The zero-order valence-corrected chi connectivity index (χ0v) is 12.8. The highest BCUT2D eigenvalue weighted by molar-refractivity contribution is 14.1. The zero-order chi connectivity index (χ0) is 13.0. The monoisotopic (exact) mass is 382 g/mol. The molecule has 18 heavy (non-hydrogen) atoms. The van der Waals surface area contributed by atoms with Crippen molar-refractivity contribution in [2.24, 2.45) is 0 Å². The van der Waals surface area contributed by atoms with Crippen molar-refractivity contribution in [3.8, 4) is 0 Å². The van der Waals surface area contributed by atoms with Crippen LogP contribution in [0.25, 0.3) is 0 Å². The Bertz CT molecular complexity index is 474. The van der Waals surface area contributed by atoms with Crippen LogP contribution >= 0.6 is 22.6 Å². The van der Waals surface area contributed by atoms with Crippen LogP contribution in [0.1, 0.15) is 18.4 Å². The zero-order valence-electron chi connectivity index (χ0n) is 9.79. The third-order valence-electron chi connectivity index (χ3n) is 2.80. The van der Waals surface area contributed by atoms with Gasteiger partial charge in [0.2, 0.25) is 0 Å². The third kappa shape index (κ3) is 4.18. The number of benzene rings is 1. The van der Waals surface area contributed by atoms with Gasteiger partial charge in [-0.25, -0.2) is 8.37 Å². The summed E-state index contributed by atoms with van der Waals surface area (Å²) in [5.41, 5.74) is 1.19. The summed E-state index contributed by atoms with van der Waals surface area (Å²) < 4.78 is 33.3. The van der Waals surface area contributed by atoms with Crippen LogP contribution in [0.4, 0.5) is 0 Å². The second-order valence-electron chi connectivity index (χ2n) is 4.26. The minimum Gasteiger partial charge on any atom is -0.245 e. The number of hydrogen-bond acceptors (Lipinski definition) is 4. The van der Waals surface area contributed by atoms with E-state index in [0.29, 0.717) is 17.3 Å². The molecule has 1 aromatic rings. The average Bonchev–Trinajstić information content (AvgIpc) is 2.36. The average molecular weight is 382 g/mol. The Balaban J connectivity index is 1.93. The van der Waals surface area contributed by atoms with Gasteiger partial charge in [0.1, 0.15) is 0 Å². The van der Waals surface area contributed by atoms with E-state index in [1.54, 1.807) is 0 Å². The van der Waals surface area contributed by atoms with Crippen LogP contribution in [-0.2, 0) is 25.2 Å². The summed E-state index contributed by atoms with van der Waals surface area (Å²) in [5, 5.41) is 0. The van der Waals surface area contributed by atoms with Crippen molar-refractivity contribution >= 4 is 33.0 Å². The standard InChI is InChI=1S/C12H15IO4S/c13-9-12-8-11(16-18(14,15)17-12)7-6-10-4-2-1-3-5-10/h1-5,11-12H,6-9H2/t11-,12-/m0/s1. The largest absolute Gasteiger partial charge is 0.400 e. The fourth-order valence-corrected chi connectivity index (χ4v) is 3.77. The van der Waals surface area contributed by atoms with Gasteiger partial charge in [0.25, 0.3) is 0 Å². The maximum Gasteiger partial charge on any atom is 0.400 e. The highest BCUT2D eigenvalue weighted by Crippen LogP contribution is 2.24. The lowest BCUT2D eigenvalue weighted by molar-refractivity contribution is 0.0488. The molecule has 1 fully saturated rings.